The first-order chi connectivity index (χ1) is 6.53. The molecule has 0 aromatic heterocycles. The fourth-order valence-corrected chi connectivity index (χ4v) is 3.11. The average molecular weight is 257 g/mol. The van der Waals surface area contributed by atoms with E-state index in [9.17, 15) is 8.42 Å². The summed E-state index contributed by atoms with van der Waals surface area (Å²) < 4.78 is 22.8. The minimum atomic E-state index is -2.82. The van der Waals surface area contributed by atoms with Gasteiger partial charge in [0.15, 0.2) is 9.84 Å². The number of nitrogens with zero attached hydrogens (tertiary/aromatic N) is 1. The van der Waals surface area contributed by atoms with Gasteiger partial charge in [-0.1, -0.05) is 6.92 Å². The van der Waals surface area contributed by atoms with Crippen LogP contribution in [0.4, 0.5) is 0 Å². The van der Waals surface area contributed by atoms with Crippen LogP contribution in [-0.4, -0.2) is 50.5 Å². The maximum atomic E-state index is 11.4. The van der Waals surface area contributed by atoms with Gasteiger partial charge in [0.2, 0.25) is 0 Å². The summed E-state index contributed by atoms with van der Waals surface area (Å²) in [6, 6.07) is 0.240. The van der Waals surface area contributed by atoms with Crippen LogP contribution in [0.25, 0.3) is 0 Å². The lowest BCUT2D eigenvalue weighted by Crippen LogP contribution is -2.31. The third-order valence-corrected chi connectivity index (χ3v) is 4.38. The Morgan fingerprint density at radius 1 is 1.40 bits per heavy atom. The van der Waals surface area contributed by atoms with Gasteiger partial charge in [0, 0.05) is 24.9 Å². The highest BCUT2D eigenvalue weighted by Gasteiger charge is 2.20. The Labute approximate surface area is 98.5 Å². The summed E-state index contributed by atoms with van der Waals surface area (Å²) in [4.78, 5) is 2.14. The van der Waals surface area contributed by atoms with Crippen molar-refractivity contribution in [1.82, 2.24) is 4.90 Å². The van der Waals surface area contributed by atoms with Crippen LogP contribution in [-0.2, 0) is 9.84 Å². The number of rotatable bonds is 5. The topological polar surface area (TPSA) is 63.4 Å². The third-order valence-electron chi connectivity index (χ3n) is 2.54. The van der Waals surface area contributed by atoms with E-state index in [1.165, 1.54) is 0 Å². The quantitative estimate of drug-likeness (QED) is 0.767. The predicted molar refractivity (Wildman–Crippen MR) is 65.2 cm³/mol. The smallest absolute Gasteiger partial charge is 0.151 e. The predicted octanol–water partition coefficient (Wildman–Crippen LogP) is 0.266. The molecule has 0 saturated carbocycles. The van der Waals surface area contributed by atoms with E-state index in [-0.39, 0.29) is 24.2 Å². The van der Waals surface area contributed by atoms with Gasteiger partial charge in [-0.2, -0.15) is 0 Å². The number of hydrogen-bond donors (Lipinski definition) is 1. The first kappa shape index (κ1) is 15.2. The summed E-state index contributed by atoms with van der Waals surface area (Å²) in [7, 11) is -2.82. The molecule has 1 fully saturated rings. The molecule has 92 valence electrons. The molecule has 0 aromatic carbocycles. The van der Waals surface area contributed by atoms with E-state index >= 15 is 0 Å². The summed E-state index contributed by atoms with van der Waals surface area (Å²) >= 11 is 0. The van der Waals surface area contributed by atoms with Gasteiger partial charge in [-0.15, -0.1) is 12.4 Å². The molecule has 15 heavy (non-hydrogen) atoms. The molecule has 0 spiro atoms. The van der Waals surface area contributed by atoms with Gasteiger partial charge in [0.25, 0.3) is 0 Å². The van der Waals surface area contributed by atoms with Gasteiger partial charge in [-0.05, 0) is 19.4 Å². The molecule has 0 aromatic rings. The standard InChI is InChI=1S/C9H20N2O2S.ClH/c1-2-6-14(12,13)7-5-11-4-3-9(10)8-11;/h9H,2-8,10H2,1H3;1H/t9-;/m1./s1. The Morgan fingerprint density at radius 3 is 2.53 bits per heavy atom. The van der Waals surface area contributed by atoms with Crippen LogP contribution >= 0.6 is 12.4 Å². The van der Waals surface area contributed by atoms with Gasteiger partial charge in [0.05, 0.1) is 5.75 Å². The number of sulfone groups is 1. The first-order valence-electron chi connectivity index (χ1n) is 5.22. The van der Waals surface area contributed by atoms with Crippen LogP contribution in [0, 0.1) is 0 Å². The molecule has 1 atom stereocenters. The molecule has 6 heteroatoms. The molecule has 2 N–H and O–H groups in total. The van der Waals surface area contributed by atoms with Gasteiger partial charge in [-0.3, -0.25) is 0 Å². The Hall–Kier alpha value is 0.160. The van der Waals surface area contributed by atoms with Crippen LogP contribution in [0.1, 0.15) is 19.8 Å². The van der Waals surface area contributed by atoms with E-state index < -0.39 is 9.84 Å². The Morgan fingerprint density at radius 2 is 2.07 bits per heavy atom. The van der Waals surface area contributed by atoms with Crippen LogP contribution in [0.3, 0.4) is 0 Å². The molecule has 1 rings (SSSR count). The second-order valence-corrected chi connectivity index (χ2v) is 6.30. The molecule has 4 nitrogen and oxygen atoms in total. The fraction of sp³-hybridized carbons (Fsp3) is 1.00. The second kappa shape index (κ2) is 6.68. The number of hydrogen-bond acceptors (Lipinski definition) is 4. The van der Waals surface area contributed by atoms with Crippen LogP contribution in [0.2, 0.25) is 0 Å². The van der Waals surface area contributed by atoms with Gasteiger partial charge in [0.1, 0.15) is 0 Å². The highest BCUT2D eigenvalue weighted by atomic mass is 35.5. The lowest BCUT2D eigenvalue weighted by Gasteiger charge is -2.14. The minimum Gasteiger partial charge on any atom is -0.326 e. The molecule has 0 unspecified atom stereocenters. The summed E-state index contributed by atoms with van der Waals surface area (Å²) in [6.07, 6.45) is 1.70. The second-order valence-electron chi connectivity index (χ2n) is 4.00. The zero-order chi connectivity index (χ0) is 10.6. The van der Waals surface area contributed by atoms with Crippen molar-refractivity contribution in [2.75, 3.05) is 31.1 Å². The molecule has 1 aliphatic heterocycles. The highest BCUT2D eigenvalue weighted by molar-refractivity contribution is 7.91. The largest absolute Gasteiger partial charge is 0.326 e. The normalized spacial score (nSPS) is 22.7. The molecular formula is C9H21ClN2O2S. The van der Waals surface area contributed by atoms with Crippen molar-refractivity contribution in [2.45, 2.75) is 25.8 Å². The van der Waals surface area contributed by atoms with Crippen LogP contribution in [0.15, 0.2) is 0 Å². The molecule has 1 heterocycles. The Bertz CT molecular complexity index is 269. The molecule has 0 aliphatic carbocycles. The lowest BCUT2D eigenvalue weighted by atomic mass is 10.3. The van der Waals surface area contributed by atoms with Crippen molar-refractivity contribution in [1.29, 1.82) is 0 Å². The summed E-state index contributed by atoms with van der Waals surface area (Å²) in [5, 5.41) is 0. The van der Waals surface area contributed by atoms with Crippen molar-refractivity contribution >= 4 is 22.2 Å². The molecule has 0 bridgehead atoms. The zero-order valence-corrected chi connectivity index (χ0v) is 10.8. The summed E-state index contributed by atoms with van der Waals surface area (Å²) in [6.45, 7) is 4.34. The lowest BCUT2D eigenvalue weighted by molar-refractivity contribution is 0.354. The molecule has 0 amide bonds. The molecule has 0 radical (unpaired) electrons. The average Bonchev–Trinajstić information content (AvgIpc) is 2.48. The molecular weight excluding hydrogens is 236 g/mol. The van der Waals surface area contributed by atoms with Crippen molar-refractivity contribution in [3.63, 3.8) is 0 Å². The fourth-order valence-electron chi connectivity index (χ4n) is 1.75. The Kier molecular flexibility index (Phi) is 6.75. The third kappa shape index (κ3) is 5.70. The van der Waals surface area contributed by atoms with Crippen molar-refractivity contribution in [3.05, 3.63) is 0 Å². The monoisotopic (exact) mass is 256 g/mol. The highest BCUT2D eigenvalue weighted by Crippen LogP contribution is 2.07. The van der Waals surface area contributed by atoms with E-state index in [1.54, 1.807) is 0 Å². The maximum Gasteiger partial charge on any atom is 0.151 e. The summed E-state index contributed by atoms with van der Waals surface area (Å²) in [5.41, 5.74) is 5.73. The van der Waals surface area contributed by atoms with E-state index in [0.29, 0.717) is 18.7 Å². The van der Waals surface area contributed by atoms with E-state index in [0.717, 1.165) is 19.5 Å². The van der Waals surface area contributed by atoms with E-state index in [2.05, 4.69) is 4.90 Å². The van der Waals surface area contributed by atoms with Gasteiger partial charge >= 0.3 is 0 Å². The maximum absolute atomic E-state index is 11.4. The Balaban J connectivity index is 0.00000196. The first-order valence-corrected chi connectivity index (χ1v) is 7.04. The van der Waals surface area contributed by atoms with Gasteiger partial charge < -0.3 is 10.6 Å². The van der Waals surface area contributed by atoms with Crippen molar-refractivity contribution in [3.8, 4) is 0 Å². The summed E-state index contributed by atoms with van der Waals surface area (Å²) in [5.74, 6) is 0.598. The van der Waals surface area contributed by atoms with Crippen LogP contribution < -0.4 is 5.73 Å². The number of nitrogens with two attached hydrogens (primary N) is 1. The van der Waals surface area contributed by atoms with Crippen molar-refractivity contribution < 1.29 is 8.42 Å². The van der Waals surface area contributed by atoms with E-state index in [1.807, 2.05) is 6.92 Å². The number of halogens is 1. The SMILES string of the molecule is CCCS(=O)(=O)CCN1CC[C@@H](N)C1.Cl. The van der Waals surface area contributed by atoms with Gasteiger partial charge in [-0.25, -0.2) is 8.42 Å². The molecule has 1 aliphatic rings. The minimum absolute atomic E-state index is 0. The zero-order valence-electron chi connectivity index (χ0n) is 9.18. The van der Waals surface area contributed by atoms with Crippen LogP contribution in [0.5, 0.6) is 0 Å². The van der Waals surface area contributed by atoms with Crippen molar-refractivity contribution in [2.24, 2.45) is 5.73 Å². The van der Waals surface area contributed by atoms with E-state index in [4.69, 9.17) is 5.73 Å². The number of likely N-dealkylation sites (tertiary alicyclic amines) is 1. The molecule has 1 saturated heterocycles.